The maximum Gasteiger partial charge on any atom is 0.303 e. The molecule has 0 saturated heterocycles. The van der Waals surface area contributed by atoms with Gasteiger partial charge in [-0.05, 0) is 17.4 Å². The molecule has 0 heterocycles. The van der Waals surface area contributed by atoms with Gasteiger partial charge >= 0.3 is 5.97 Å². The van der Waals surface area contributed by atoms with Crippen molar-refractivity contribution in [3.05, 3.63) is 35.9 Å². The van der Waals surface area contributed by atoms with Gasteiger partial charge in [-0.3, -0.25) is 9.59 Å². The van der Waals surface area contributed by atoms with Crippen LogP contribution in [0, 0.1) is 5.41 Å². The number of hydrogen-bond donors (Lipinski definition) is 1. The second-order valence-electron chi connectivity index (χ2n) is 5.89. The predicted octanol–water partition coefficient (Wildman–Crippen LogP) is 4.29. The van der Waals surface area contributed by atoms with Crippen molar-refractivity contribution in [2.45, 2.75) is 45.3 Å². The normalized spacial score (nSPS) is 12.9. The van der Waals surface area contributed by atoms with Gasteiger partial charge in [0.25, 0.3) is 0 Å². The van der Waals surface area contributed by atoms with Crippen molar-refractivity contribution in [1.29, 1.82) is 0 Å². The van der Waals surface area contributed by atoms with Crippen LogP contribution in [-0.4, -0.2) is 16.2 Å². The molecule has 0 fully saturated rings. The third kappa shape index (κ3) is 5.78. The van der Waals surface area contributed by atoms with Gasteiger partial charge in [0, 0.05) is 18.1 Å². The van der Waals surface area contributed by atoms with Gasteiger partial charge in [0.05, 0.1) is 0 Å². The van der Waals surface area contributed by atoms with Crippen LogP contribution in [-0.2, 0) is 9.59 Å². The highest BCUT2D eigenvalue weighted by molar-refractivity contribution is 8.13. The van der Waals surface area contributed by atoms with Gasteiger partial charge in [-0.25, -0.2) is 0 Å². The fourth-order valence-corrected chi connectivity index (χ4v) is 3.12. The maximum atomic E-state index is 12.0. The van der Waals surface area contributed by atoms with Gasteiger partial charge in [0.2, 0.25) is 0 Å². The van der Waals surface area contributed by atoms with Crippen LogP contribution < -0.4 is 0 Å². The molecule has 20 heavy (non-hydrogen) atoms. The van der Waals surface area contributed by atoms with E-state index in [-0.39, 0.29) is 22.2 Å². The standard InChI is InChI=1S/C16H22O3S/c1-16(2,3)15(12-8-5-4-6-9-12)20-14(19)11-7-10-13(17)18/h4-6,8-9,15H,7,10-11H2,1-3H3,(H,17,18). The Morgan fingerprint density at radius 2 is 1.75 bits per heavy atom. The van der Waals surface area contributed by atoms with Gasteiger partial charge in [-0.2, -0.15) is 0 Å². The van der Waals surface area contributed by atoms with Crippen molar-refractivity contribution in [2.75, 3.05) is 0 Å². The Morgan fingerprint density at radius 1 is 1.15 bits per heavy atom. The lowest BCUT2D eigenvalue weighted by Crippen LogP contribution is -2.17. The molecular formula is C16H22O3S. The number of carboxylic acids is 1. The molecule has 4 heteroatoms. The summed E-state index contributed by atoms with van der Waals surface area (Å²) in [7, 11) is 0. The summed E-state index contributed by atoms with van der Waals surface area (Å²) in [4.78, 5) is 22.5. The molecule has 3 nitrogen and oxygen atoms in total. The molecule has 1 atom stereocenters. The van der Waals surface area contributed by atoms with Crippen LogP contribution in [0.5, 0.6) is 0 Å². The van der Waals surface area contributed by atoms with Gasteiger partial charge in [-0.15, -0.1) is 0 Å². The van der Waals surface area contributed by atoms with E-state index in [0.29, 0.717) is 12.8 Å². The van der Waals surface area contributed by atoms with E-state index in [4.69, 9.17) is 5.11 Å². The Hall–Kier alpha value is -1.29. The first-order chi connectivity index (χ1) is 9.30. The monoisotopic (exact) mass is 294 g/mol. The Labute approximate surface area is 124 Å². The van der Waals surface area contributed by atoms with E-state index in [0.717, 1.165) is 5.56 Å². The largest absolute Gasteiger partial charge is 0.481 e. The average molecular weight is 294 g/mol. The first-order valence-corrected chi connectivity index (χ1v) is 7.65. The SMILES string of the molecule is CC(C)(C)C(SC(=O)CCCC(=O)O)c1ccccc1. The Bertz CT molecular complexity index is 449. The van der Waals surface area contributed by atoms with Crippen LogP contribution >= 0.6 is 11.8 Å². The summed E-state index contributed by atoms with van der Waals surface area (Å²) >= 11 is 1.32. The molecule has 0 spiro atoms. The van der Waals surface area contributed by atoms with Gasteiger partial charge in [-0.1, -0.05) is 62.9 Å². The summed E-state index contributed by atoms with van der Waals surface area (Å²) in [6.45, 7) is 6.34. The van der Waals surface area contributed by atoms with Crippen molar-refractivity contribution in [3.8, 4) is 0 Å². The van der Waals surface area contributed by atoms with E-state index in [1.807, 2.05) is 30.3 Å². The molecule has 0 amide bonds. The number of carboxylic acid groups (broad SMARTS) is 1. The lowest BCUT2D eigenvalue weighted by atomic mass is 9.87. The number of aliphatic carboxylic acids is 1. The number of carbonyl (C=O) groups is 2. The van der Waals surface area contributed by atoms with Crippen molar-refractivity contribution in [1.82, 2.24) is 0 Å². The summed E-state index contributed by atoms with van der Waals surface area (Å²) in [5.41, 5.74) is 1.10. The highest BCUT2D eigenvalue weighted by Crippen LogP contribution is 2.44. The summed E-state index contributed by atoms with van der Waals surface area (Å²) in [6.07, 6.45) is 0.779. The van der Waals surface area contributed by atoms with Crippen molar-refractivity contribution >= 4 is 22.8 Å². The molecule has 0 aliphatic carbocycles. The van der Waals surface area contributed by atoms with E-state index in [2.05, 4.69) is 20.8 Å². The predicted molar refractivity (Wildman–Crippen MR) is 82.7 cm³/mol. The first kappa shape index (κ1) is 16.8. The zero-order chi connectivity index (χ0) is 15.2. The molecule has 0 aliphatic rings. The minimum atomic E-state index is -0.849. The van der Waals surface area contributed by atoms with E-state index < -0.39 is 5.97 Å². The Kier molecular flexibility index (Phi) is 6.27. The molecule has 0 saturated carbocycles. The summed E-state index contributed by atoms with van der Waals surface area (Å²) in [5.74, 6) is -0.849. The van der Waals surface area contributed by atoms with Crippen LogP contribution in [0.1, 0.15) is 50.8 Å². The lowest BCUT2D eigenvalue weighted by Gasteiger charge is -2.30. The average Bonchev–Trinajstić information content (AvgIpc) is 2.35. The fourth-order valence-electron chi connectivity index (χ4n) is 1.95. The first-order valence-electron chi connectivity index (χ1n) is 6.77. The number of rotatable bonds is 6. The van der Waals surface area contributed by atoms with Crippen molar-refractivity contribution in [3.63, 3.8) is 0 Å². The smallest absolute Gasteiger partial charge is 0.303 e. The van der Waals surface area contributed by atoms with Gasteiger partial charge < -0.3 is 5.11 Å². The van der Waals surface area contributed by atoms with Crippen molar-refractivity contribution in [2.24, 2.45) is 5.41 Å². The van der Waals surface area contributed by atoms with Gasteiger partial charge in [0.1, 0.15) is 0 Å². The molecule has 110 valence electrons. The fraction of sp³-hybridized carbons (Fsp3) is 0.500. The minimum Gasteiger partial charge on any atom is -0.481 e. The molecular weight excluding hydrogens is 272 g/mol. The molecule has 1 rings (SSSR count). The third-order valence-corrected chi connectivity index (χ3v) is 4.59. The molecule has 1 N–H and O–H groups in total. The lowest BCUT2D eigenvalue weighted by molar-refractivity contribution is -0.137. The molecule has 0 aliphatic heterocycles. The number of carbonyl (C=O) groups excluding carboxylic acids is 1. The van der Waals surface area contributed by atoms with E-state index in [1.54, 1.807) is 0 Å². The highest BCUT2D eigenvalue weighted by atomic mass is 32.2. The molecule has 0 bridgehead atoms. The summed E-state index contributed by atoms with van der Waals surface area (Å²) in [5, 5.41) is 8.75. The van der Waals surface area contributed by atoms with E-state index in [9.17, 15) is 9.59 Å². The van der Waals surface area contributed by atoms with Crippen LogP contribution in [0.2, 0.25) is 0 Å². The summed E-state index contributed by atoms with van der Waals surface area (Å²) < 4.78 is 0. The van der Waals surface area contributed by atoms with Crippen molar-refractivity contribution < 1.29 is 14.7 Å². The number of benzene rings is 1. The Morgan fingerprint density at radius 3 is 2.25 bits per heavy atom. The molecule has 0 radical (unpaired) electrons. The second-order valence-corrected chi connectivity index (χ2v) is 7.06. The Balaban J connectivity index is 2.67. The van der Waals surface area contributed by atoms with E-state index >= 15 is 0 Å². The minimum absolute atomic E-state index is 0.0333. The van der Waals surface area contributed by atoms with E-state index in [1.165, 1.54) is 11.8 Å². The van der Waals surface area contributed by atoms with Crippen LogP contribution in [0.25, 0.3) is 0 Å². The third-order valence-electron chi connectivity index (χ3n) is 2.91. The summed E-state index contributed by atoms with van der Waals surface area (Å²) in [6, 6.07) is 9.98. The quantitative estimate of drug-likeness (QED) is 0.850. The molecule has 1 aromatic rings. The van der Waals surface area contributed by atoms with Crippen LogP contribution in [0.15, 0.2) is 30.3 Å². The number of hydrogen-bond acceptors (Lipinski definition) is 3. The zero-order valence-electron chi connectivity index (χ0n) is 12.3. The second kappa shape index (κ2) is 7.48. The van der Waals surface area contributed by atoms with Gasteiger partial charge in [0.15, 0.2) is 5.12 Å². The van der Waals surface area contributed by atoms with Crippen LogP contribution in [0.3, 0.4) is 0 Å². The highest BCUT2D eigenvalue weighted by Gasteiger charge is 2.28. The molecule has 0 aromatic heterocycles. The molecule has 1 aromatic carbocycles. The van der Waals surface area contributed by atoms with Crippen LogP contribution in [0.4, 0.5) is 0 Å². The maximum absolute atomic E-state index is 12.0. The topological polar surface area (TPSA) is 54.4 Å². The molecule has 1 unspecified atom stereocenters. The zero-order valence-corrected chi connectivity index (χ0v) is 13.1. The number of thioether (sulfide) groups is 1.